The van der Waals surface area contributed by atoms with Gasteiger partial charge in [-0.25, -0.2) is 4.79 Å². The minimum absolute atomic E-state index is 0.411. The van der Waals surface area contributed by atoms with Crippen LogP contribution in [-0.2, 0) is 13.0 Å². The van der Waals surface area contributed by atoms with Crippen molar-refractivity contribution < 1.29 is 9.90 Å². The summed E-state index contributed by atoms with van der Waals surface area (Å²) in [7, 11) is 0. The Kier molecular flexibility index (Phi) is 3.33. The Labute approximate surface area is 104 Å². The van der Waals surface area contributed by atoms with Crippen LogP contribution in [0.1, 0.15) is 26.6 Å². The molecule has 0 amide bonds. The highest BCUT2D eigenvalue weighted by atomic mass is 32.1. The Bertz CT molecular complexity index is 526. The number of thiophene rings is 1. The fourth-order valence-corrected chi connectivity index (χ4v) is 2.74. The molecule has 0 saturated carbocycles. The van der Waals surface area contributed by atoms with E-state index >= 15 is 0 Å². The number of aromatic nitrogens is 1. The van der Waals surface area contributed by atoms with Crippen LogP contribution >= 0.6 is 11.3 Å². The minimum atomic E-state index is -0.847. The fraction of sp³-hybridized carbons (Fsp3) is 0.308. The summed E-state index contributed by atoms with van der Waals surface area (Å²) < 4.78 is 2.07. The Hall–Kier alpha value is -1.55. The zero-order valence-corrected chi connectivity index (χ0v) is 10.8. The molecule has 0 aliphatic heterocycles. The normalized spacial score (nSPS) is 10.7. The molecule has 0 atom stereocenters. The predicted octanol–water partition coefficient (Wildman–Crippen LogP) is 3.11. The smallest absolute Gasteiger partial charge is 0.337 e. The lowest BCUT2D eigenvalue weighted by Crippen LogP contribution is -2.06. The van der Waals surface area contributed by atoms with E-state index in [4.69, 9.17) is 5.11 Å². The zero-order valence-electron chi connectivity index (χ0n) is 9.93. The number of aryl methyl sites for hydroxylation is 2. The maximum Gasteiger partial charge on any atom is 0.337 e. The molecule has 1 N–H and O–H groups in total. The van der Waals surface area contributed by atoms with E-state index in [1.165, 1.54) is 4.88 Å². The summed E-state index contributed by atoms with van der Waals surface area (Å²) in [5, 5.41) is 11.1. The molecule has 17 heavy (non-hydrogen) atoms. The summed E-state index contributed by atoms with van der Waals surface area (Å²) in [4.78, 5) is 12.3. The molecule has 0 radical (unpaired) electrons. The van der Waals surface area contributed by atoms with Crippen molar-refractivity contribution in [1.82, 2.24) is 4.57 Å². The van der Waals surface area contributed by atoms with Crippen LogP contribution < -0.4 is 0 Å². The van der Waals surface area contributed by atoms with E-state index in [0.29, 0.717) is 5.56 Å². The second-order valence-corrected chi connectivity index (χ2v) is 5.10. The molecule has 2 rings (SSSR count). The van der Waals surface area contributed by atoms with Gasteiger partial charge in [0, 0.05) is 22.8 Å². The molecule has 0 aromatic carbocycles. The first-order valence-electron chi connectivity index (χ1n) is 5.52. The van der Waals surface area contributed by atoms with E-state index in [0.717, 1.165) is 24.4 Å². The summed E-state index contributed by atoms with van der Waals surface area (Å²) in [5.74, 6) is -0.847. The molecule has 90 valence electrons. The van der Waals surface area contributed by atoms with E-state index in [2.05, 4.69) is 16.0 Å². The molecular weight excluding hydrogens is 234 g/mol. The molecule has 0 saturated heterocycles. The maximum atomic E-state index is 11.0. The largest absolute Gasteiger partial charge is 0.478 e. The van der Waals surface area contributed by atoms with Crippen molar-refractivity contribution >= 4 is 17.3 Å². The highest BCUT2D eigenvalue weighted by molar-refractivity contribution is 7.09. The van der Waals surface area contributed by atoms with Crippen molar-refractivity contribution in [3.8, 4) is 0 Å². The Morgan fingerprint density at radius 1 is 1.47 bits per heavy atom. The van der Waals surface area contributed by atoms with Gasteiger partial charge in [-0.3, -0.25) is 0 Å². The monoisotopic (exact) mass is 249 g/mol. The molecule has 2 aromatic heterocycles. The highest BCUT2D eigenvalue weighted by Gasteiger charge is 2.14. The second-order valence-electron chi connectivity index (χ2n) is 4.07. The van der Waals surface area contributed by atoms with Crippen LogP contribution in [0, 0.1) is 13.8 Å². The molecule has 2 aromatic rings. The van der Waals surface area contributed by atoms with Gasteiger partial charge < -0.3 is 9.67 Å². The molecule has 4 heteroatoms. The first-order valence-corrected chi connectivity index (χ1v) is 6.40. The number of rotatable bonds is 4. The summed E-state index contributed by atoms with van der Waals surface area (Å²) in [6, 6.07) is 5.89. The van der Waals surface area contributed by atoms with Gasteiger partial charge in [0.1, 0.15) is 0 Å². The summed E-state index contributed by atoms with van der Waals surface area (Å²) >= 11 is 1.74. The molecule has 0 fully saturated rings. The van der Waals surface area contributed by atoms with Crippen LogP contribution in [0.25, 0.3) is 0 Å². The lowest BCUT2D eigenvalue weighted by atomic mass is 10.2. The first-order chi connectivity index (χ1) is 8.09. The fourth-order valence-electron chi connectivity index (χ4n) is 2.04. The minimum Gasteiger partial charge on any atom is -0.478 e. The van der Waals surface area contributed by atoms with Crippen molar-refractivity contribution in [3.05, 3.63) is 45.4 Å². The number of nitrogens with zero attached hydrogens (tertiary/aromatic N) is 1. The average molecular weight is 249 g/mol. The topological polar surface area (TPSA) is 42.2 Å². The van der Waals surface area contributed by atoms with Gasteiger partial charge in [0.05, 0.1) is 5.56 Å². The van der Waals surface area contributed by atoms with Gasteiger partial charge >= 0.3 is 5.97 Å². The van der Waals surface area contributed by atoms with Crippen LogP contribution in [0.3, 0.4) is 0 Å². The van der Waals surface area contributed by atoms with Crippen LogP contribution in [0.4, 0.5) is 0 Å². The predicted molar refractivity (Wildman–Crippen MR) is 68.9 cm³/mol. The SMILES string of the molecule is Cc1cc(C(=O)O)c(C)n1CCc1cccs1. The molecule has 0 spiro atoms. The molecule has 0 unspecified atom stereocenters. The summed E-state index contributed by atoms with van der Waals surface area (Å²) in [5.41, 5.74) is 2.26. The number of carbonyl (C=O) groups is 1. The molecule has 2 heterocycles. The van der Waals surface area contributed by atoms with E-state index in [-0.39, 0.29) is 0 Å². The summed E-state index contributed by atoms with van der Waals surface area (Å²) in [6.07, 6.45) is 0.951. The third-order valence-corrected chi connectivity index (χ3v) is 3.90. The Balaban J connectivity index is 2.18. The average Bonchev–Trinajstić information content (AvgIpc) is 2.86. The van der Waals surface area contributed by atoms with Crippen LogP contribution in [-0.4, -0.2) is 15.6 Å². The lowest BCUT2D eigenvalue weighted by molar-refractivity contribution is 0.0696. The van der Waals surface area contributed by atoms with E-state index < -0.39 is 5.97 Å². The van der Waals surface area contributed by atoms with Gasteiger partial charge in [-0.2, -0.15) is 0 Å². The summed E-state index contributed by atoms with van der Waals surface area (Å²) in [6.45, 7) is 4.66. The standard InChI is InChI=1S/C13H15NO2S/c1-9-8-12(13(15)16)10(2)14(9)6-5-11-4-3-7-17-11/h3-4,7-8H,5-6H2,1-2H3,(H,15,16). The molecule has 0 aliphatic carbocycles. The number of carboxylic acids is 1. The van der Waals surface area contributed by atoms with Gasteiger partial charge in [-0.15, -0.1) is 11.3 Å². The highest BCUT2D eigenvalue weighted by Crippen LogP contribution is 2.17. The zero-order chi connectivity index (χ0) is 12.4. The number of hydrogen-bond donors (Lipinski definition) is 1. The van der Waals surface area contributed by atoms with E-state index in [1.807, 2.05) is 19.9 Å². The van der Waals surface area contributed by atoms with Crippen LogP contribution in [0.5, 0.6) is 0 Å². The van der Waals surface area contributed by atoms with Gasteiger partial charge in [0.15, 0.2) is 0 Å². The number of hydrogen-bond acceptors (Lipinski definition) is 2. The maximum absolute atomic E-state index is 11.0. The molecule has 0 aliphatic rings. The number of carboxylic acid groups (broad SMARTS) is 1. The third kappa shape index (κ3) is 2.42. The molecular formula is C13H15NO2S. The van der Waals surface area contributed by atoms with Crippen LogP contribution in [0.15, 0.2) is 23.6 Å². The lowest BCUT2D eigenvalue weighted by Gasteiger charge is -2.08. The van der Waals surface area contributed by atoms with E-state index in [9.17, 15) is 4.79 Å². The second kappa shape index (κ2) is 4.75. The third-order valence-electron chi connectivity index (χ3n) is 2.97. The van der Waals surface area contributed by atoms with Crippen molar-refractivity contribution in [2.75, 3.05) is 0 Å². The Morgan fingerprint density at radius 2 is 2.24 bits per heavy atom. The quantitative estimate of drug-likeness (QED) is 0.904. The van der Waals surface area contributed by atoms with Gasteiger partial charge in [-0.1, -0.05) is 6.07 Å². The number of aromatic carboxylic acids is 1. The first kappa shape index (κ1) is 11.9. The van der Waals surface area contributed by atoms with Gasteiger partial charge in [0.2, 0.25) is 0 Å². The van der Waals surface area contributed by atoms with Gasteiger partial charge in [-0.05, 0) is 37.8 Å². The van der Waals surface area contributed by atoms with E-state index in [1.54, 1.807) is 17.4 Å². The Morgan fingerprint density at radius 3 is 2.76 bits per heavy atom. The van der Waals surface area contributed by atoms with Gasteiger partial charge in [0.25, 0.3) is 0 Å². The molecule has 3 nitrogen and oxygen atoms in total. The van der Waals surface area contributed by atoms with Crippen molar-refractivity contribution in [1.29, 1.82) is 0 Å². The van der Waals surface area contributed by atoms with Crippen molar-refractivity contribution in [3.63, 3.8) is 0 Å². The van der Waals surface area contributed by atoms with Crippen LogP contribution in [0.2, 0.25) is 0 Å². The van der Waals surface area contributed by atoms with Crippen molar-refractivity contribution in [2.45, 2.75) is 26.8 Å². The molecule has 0 bridgehead atoms. The van der Waals surface area contributed by atoms with Crippen molar-refractivity contribution in [2.24, 2.45) is 0 Å².